The first-order valence-electron chi connectivity index (χ1n) is 3.40. The third kappa shape index (κ3) is 4.25. The van der Waals surface area contributed by atoms with Crippen molar-refractivity contribution < 1.29 is 9.32 Å². The molecule has 62 valence electrons. The van der Waals surface area contributed by atoms with E-state index in [1.807, 2.05) is 6.92 Å². The normalized spacial score (nSPS) is 16.7. The van der Waals surface area contributed by atoms with Crippen LogP contribution in [-0.2, 0) is 10.0 Å². The number of hydrogen-bond acceptors (Lipinski definition) is 2. The second-order valence-electron chi connectivity index (χ2n) is 2.17. The molecule has 0 aromatic carbocycles. The van der Waals surface area contributed by atoms with E-state index in [-0.39, 0.29) is 11.9 Å². The molecular weight excluding hydrogens is 172 g/mol. The Bertz CT molecular complexity index is 102. The molecule has 4 heteroatoms. The fraction of sp³-hybridized carbons (Fsp3) is 1.00. The molecule has 0 spiro atoms. The van der Waals surface area contributed by atoms with Gasteiger partial charge in [0.1, 0.15) is 10.0 Å². The Morgan fingerprint density at radius 1 is 1.60 bits per heavy atom. The summed E-state index contributed by atoms with van der Waals surface area (Å²) >= 11 is 0. The Balaban J connectivity index is 3.61. The lowest BCUT2D eigenvalue weighted by Crippen LogP contribution is -2.12. The number of halogens is 1. The van der Waals surface area contributed by atoms with Crippen molar-refractivity contribution in [1.29, 1.82) is 0 Å². The van der Waals surface area contributed by atoms with Crippen molar-refractivity contribution in [2.75, 3.05) is 6.61 Å². The first kappa shape index (κ1) is 10.4. The first-order valence-corrected chi connectivity index (χ1v) is 5.44. The summed E-state index contributed by atoms with van der Waals surface area (Å²) in [6, 6.07) is 0. The van der Waals surface area contributed by atoms with Gasteiger partial charge in [0.25, 0.3) is 0 Å². The zero-order valence-corrected chi connectivity index (χ0v) is 7.62. The van der Waals surface area contributed by atoms with Crippen LogP contribution in [0.4, 0.5) is 0 Å². The van der Waals surface area contributed by atoms with E-state index in [1.165, 1.54) is 0 Å². The van der Waals surface area contributed by atoms with E-state index in [9.17, 15) is 4.21 Å². The highest BCUT2D eigenvalue weighted by atomic mass is 35.7. The molecule has 10 heavy (non-hydrogen) atoms. The summed E-state index contributed by atoms with van der Waals surface area (Å²) < 4.78 is 10.7. The highest BCUT2D eigenvalue weighted by Crippen LogP contribution is 2.11. The fourth-order valence-electron chi connectivity index (χ4n) is 0.796. The second kappa shape index (κ2) is 6.13. The lowest BCUT2D eigenvalue weighted by molar-refractivity contribution is 0.284. The molecule has 0 heterocycles. The minimum absolute atomic E-state index is 0.0309. The van der Waals surface area contributed by atoms with Gasteiger partial charge >= 0.3 is 0 Å². The Kier molecular flexibility index (Phi) is 6.38. The molecular formula is C6H13ClO2S. The largest absolute Gasteiger partial charge is 0.396 e. The molecule has 2 unspecified atom stereocenters. The Labute approximate surface area is 68.5 Å². The highest BCUT2D eigenvalue weighted by molar-refractivity contribution is 8.08. The van der Waals surface area contributed by atoms with Gasteiger partial charge in [-0.15, -0.1) is 0 Å². The van der Waals surface area contributed by atoms with Crippen LogP contribution in [0, 0.1) is 0 Å². The summed E-state index contributed by atoms with van der Waals surface area (Å²) in [5, 5.41) is 8.49. The van der Waals surface area contributed by atoms with E-state index in [4.69, 9.17) is 15.8 Å². The third-order valence-corrected chi connectivity index (χ3v) is 3.08. The van der Waals surface area contributed by atoms with E-state index >= 15 is 0 Å². The Morgan fingerprint density at radius 3 is 2.50 bits per heavy atom. The van der Waals surface area contributed by atoms with Gasteiger partial charge in [0.05, 0.1) is 5.25 Å². The maximum atomic E-state index is 10.7. The molecule has 0 radical (unpaired) electrons. The molecule has 1 N–H and O–H groups in total. The van der Waals surface area contributed by atoms with E-state index in [1.54, 1.807) is 0 Å². The van der Waals surface area contributed by atoms with Gasteiger partial charge in [-0.3, -0.25) is 0 Å². The molecule has 0 rings (SSSR count). The van der Waals surface area contributed by atoms with Gasteiger partial charge in [0.2, 0.25) is 0 Å². The molecule has 0 saturated heterocycles. The van der Waals surface area contributed by atoms with Crippen LogP contribution in [0.25, 0.3) is 0 Å². The first-order chi connectivity index (χ1) is 4.72. The number of aliphatic hydroxyl groups excluding tert-OH is 1. The van der Waals surface area contributed by atoms with Gasteiger partial charge < -0.3 is 5.11 Å². The summed E-state index contributed by atoms with van der Waals surface area (Å²) in [6.45, 7) is 2.08. The number of aliphatic hydroxyl groups is 1. The van der Waals surface area contributed by atoms with Crippen LogP contribution in [0.5, 0.6) is 0 Å². The fourth-order valence-corrected chi connectivity index (χ4v) is 2.04. The lowest BCUT2D eigenvalue weighted by Gasteiger charge is -2.08. The highest BCUT2D eigenvalue weighted by Gasteiger charge is 2.12. The van der Waals surface area contributed by atoms with Crippen LogP contribution in [0.15, 0.2) is 0 Å². The maximum Gasteiger partial charge on any atom is 0.118 e. The molecule has 2 atom stereocenters. The Morgan fingerprint density at radius 2 is 2.20 bits per heavy atom. The summed E-state index contributed by atoms with van der Waals surface area (Å²) in [4.78, 5) is 0. The molecule has 0 saturated carbocycles. The lowest BCUT2D eigenvalue weighted by atomic mass is 10.2. The molecule has 0 amide bonds. The van der Waals surface area contributed by atoms with Crippen molar-refractivity contribution in [3.63, 3.8) is 0 Å². The van der Waals surface area contributed by atoms with Crippen LogP contribution in [0.1, 0.15) is 26.2 Å². The summed E-state index contributed by atoms with van der Waals surface area (Å²) in [5.41, 5.74) is 0. The predicted octanol–water partition coefficient (Wildman–Crippen LogP) is 1.44. The second-order valence-corrected chi connectivity index (χ2v) is 4.25. The monoisotopic (exact) mass is 184 g/mol. The van der Waals surface area contributed by atoms with E-state index in [2.05, 4.69) is 0 Å². The predicted molar refractivity (Wildman–Crippen MR) is 44.4 cm³/mol. The van der Waals surface area contributed by atoms with Crippen molar-refractivity contribution in [1.82, 2.24) is 0 Å². The van der Waals surface area contributed by atoms with Crippen molar-refractivity contribution in [3.05, 3.63) is 0 Å². The molecule has 0 aromatic heterocycles. The van der Waals surface area contributed by atoms with Gasteiger partial charge in [0.15, 0.2) is 0 Å². The minimum Gasteiger partial charge on any atom is -0.396 e. The summed E-state index contributed by atoms with van der Waals surface area (Å²) in [6.07, 6.45) is 2.34. The maximum absolute atomic E-state index is 10.7. The van der Waals surface area contributed by atoms with Crippen molar-refractivity contribution in [2.24, 2.45) is 0 Å². The van der Waals surface area contributed by atoms with E-state index in [0.29, 0.717) is 6.42 Å². The molecule has 0 aliphatic carbocycles. The quantitative estimate of drug-likeness (QED) is 0.657. The van der Waals surface area contributed by atoms with Crippen molar-refractivity contribution >= 4 is 20.7 Å². The van der Waals surface area contributed by atoms with Gasteiger partial charge in [-0.25, -0.2) is 4.21 Å². The molecule has 0 bridgehead atoms. The van der Waals surface area contributed by atoms with Crippen LogP contribution in [0.2, 0.25) is 0 Å². The zero-order valence-electron chi connectivity index (χ0n) is 6.05. The van der Waals surface area contributed by atoms with E-state index < -0.39 is 10.0 Å². The van der Waals surface area contributed by atoms with Gasteiger partial charge in [-0.1, -0.05) is 13.3 Å². The van der Waals surface area contributed by atoms with Gasteiger partial charge in [-0.05, 0) is 23.5 Å². The molecule has 0 fully saturated rings. The number of rotatable bonds is 5. The SMILES string of the molecule is CCCC(CCO)S(=O)Cl. The van der Waals surface area contributed by atoms with Crippen LogP contribution in [0.3, 0.4) is 0 Å². The van der Waals surface area contributed by atoms with E-state index in [0.717, 1.165) is 12.8 Å². The average Bonchev–Trinajstić information content (AvgIpc) is 1.87. The average molecular weight is 185 g/mol. The molecule has 0 aromatic rings. The van der Waals surface area contributed by atoms with Crippen molar-refractivity contribution in [3.8, 4) is 0 Å². The smallest absolute Gasteiger partial charge is 0.118 e. The van der Waals surface area contributed by atoms with Crippen LogP contribution in [-0.4, -0.2) is 21.2 Å². The number of hydrogen-bond donors (Lipinski definition) is 1. The summed E-state index contributed by atoms with van der Waals surface area (Å²) in [7, 11) is 4.07. The van der Waals surface area contributed by atoms with Gasteiger partial charge in [0, 0.05) is 6.61 Å². The van der Waals surface area contributed by atoms with Crippen molar-refractivity contribution in [2.45, 2.75) is 31.4 Å². The molecule has 2 nitrogen and oxygen atoms in total. The summed E-state index contributed by atoms with van der Waals surface area (Å²) in [5.74, 6) is 0. The third-order valence-electron chi connectivity index (χ3n) is 1.32. The van der Waals surface area contributed by atoms with Gasteiger partial charge in [-0.2, -0.15) is 0 Å². The van der Waals surface area contributed by atoms with Crippen LogP contribution < -0.4 is 0 Å². The zero-order chi connectivity index (χ0) is 7.98. The molecule has 0 aliphatic heterocycles. The van der Waals surface area contributed by atoms with Crippen LogP contribution >= 0.6 is 10.7 Å². The minimum atomic E-state index is -1.29. The topological polar surface area (TPSA) is 37.3 Å². The Hall–Kier alpha value is 0.400. The standard InChI is InChI=1S/C6H13ClO2S/c1-2-3-6(4-5-8)10(7)9/h6,8H,2-5H2,1H3. The molecule has 0 aliphatic rings.